The first-order valence-corrected chi connectivity index (χ1v) is 12.7. The molecule has 0 bridgehead atoms. The molecule has 0 saturated heterocycles. The molecule has 0 aliphatic heterocycles. The van der Waals surface area contributed by atoms with Gasteiger partial charge in [-0.05, 0) is 53.4 Å². The SMILES string of the molecule is COc1cc(-c2ccc(C(F)(F)F)cc2)c(C#N)cc1N(c1ccon1)S(=O)(=O)c1ccc2cnccc2c1. The van der Waals surface area contributed by atoms with Gasteiger partial charge in [-0.2, -0.15) is 18.4 Å². The molecule has 5 rings (SSSR count). The maximum absolute atomic E-state index is 14.0. The summed E-state index contributed by atoms with van der Waals surface area (Å²) in [5, 5.41) is 15.1. The van der Waals surface area contributed by atoms with E-state index in [1.165, 1.54) is 62.0 Å². The van der Waals surface area contributed by atoms with Crippen LogP contribution in [-0.2, 0) is 16.2 Å². The van der Waals surface area contributed by atoms with Crippen LogP contribution in [0.15, 0.2) is 94.8 Å². The summed E-state index contributed by atoms with van der Waals surface area (Å²) in [6.07, 6.45) is -0.193. The summed E-state index contributed by atoms with van der Waals surface area (Å²) >= 11 is 0. The quantitative estimate of drug-likeness (QED) is 0.243. The van der Waals surface area contributed by atoms with Crippen LogP contribution in [0.1, 0.15) is 11.1 Å². The fraction of sp³-hybridized carbons (Fsp3) is 0.0741. The van der Waals surface area contributed by atoms with Gasteiger partial charge in [-0.25, -0.2) is 12.7 Å². The van der Waals surface area contributed by atoms with Crippen molar-refractivity contribution in [3.63, 3.8) is 0 Å². The highest BCUT2D eigenvalue weighted by Gasteiger charge is 2.33. The van der Waals surface area contributed by atoms with E-state index in [-0.39, 0.29) is 33.3 Å². The summed E-state index contributed by atoms with van der Waals surface area (Å²) < 4.78 is 78.5. The molecule has 12 heteroatoms. The van der Waals surface area contributed by atoms with Crippen LogP contribution in [-0.4, -0.2) is 25.7 Å². The van der Waals surface area contributed by atoms with E-state index in [1.54, 1.807) is 18.3 Å². The number of anilines is 2. The molecule has 0 aliphatic rings. The van der Waals surface area contributed by atoms with Crippen LogP contribution in [0.25, 0.3) is 21.9 Å². The summed E-state index contributed by atoms with van der Waals surface area (Å²) in [6, 6.07) is 16.4. The molecule has 3 aromatic carbocycles. The number of benzene rings is 3. The monoisotopic (exact) mass is 550 g/mol. The van der Waals surface area contributed by atoms with Gasteiger partial charge in [-0.15, -0.1) is 0 Å². The highest BCUT2D eigenvalue weighted by atomic mass is 32.2. The first kappa shape index (κ1) is 25.7. The first-order chi connectivity index (χ1) is 18.6. The Morgan fingerprint density at radius 2 is 1.77 bits per heavy atom. The molecule has 5 aromatic rings. The van der Waals surface area contributed by atoms with Crippen LogP contribution >= 0.6 is 0 Å². The molecule has 2 aromatic heterocycles. The number of alkyl halides is 3. The molecule has 0 amide bonds. The summed E-state index contributed by atoms with van der Waals surface area (Å²) in [4.78, 5) is 3.96. The van der Waals surface area contributed by atoms with Crippen molar-refractivity contribution in [2.24, 2.45) is 0 Å². The molecular formula is C27H17F3N4O4S. The predicted molar refractivity (Wildman–Crippen MR) is 136 cm³/mol. The number of rotatable bonds is 6. The number of methoxy groups -OCH3 is 1. The number of hydrogen-bond donors (Lipinski definition) is 0. The third kappa shape index (κ3) is 4.75. The number of nitriles is 1. The van der Waals surface area contributed by atoms with E-state index in [4.69, 9.17) is 9.26 Å². The highest BCUT2D eigenvalue weighted by molar-refractivity contribution is 7.93. The van der Waals surface area contributed by atoms with Gasteiger partial charge in [0.15, 0.2) is 5.82 Å². The minimum absolute atomic E-state index is 0.00107. The van der Waals surface area contributed by atoms with Crippen molar-refractivity contribution < 1.29 is 30.8 Å². The number of hydrogen-bond acceptors (Lipinski definition) is 7. The van der Waals surface area contributed by atoms with Gasteiger partial charge in [0.25, 0.3) is 10.0 Å². The lowest BCUT2D eigenvalue weighted by atomic mass is 9.98. The van der Waals surface area contributed by atoms with Crippen LogP contribution in [0.4, 0.5) is 24.7 Å². The summed E-state index contributed by atoms with van der Waals surface area (Å²) in [6.45, 7) is 0. The van der Waals surface area contributed by atoms with E-state index in [0.717, 1.165) is 21.8 Å². The third-order valence-electron chi connectivity index (χ3n) is 5.96. The Balaban J connectivity index is 1.69. The van der Waals surface area contributed by atoms with Gasteiger partial charge in [0.1, 0.15) is 17.7 Å². The van der Waals surface area contributed by atoms with Crippen molar-refractivity contribution in [3.8, 4) is 22.9 Å². The molecule has 0 saturated carbocycles. The molecule has 0 N–H and O–H groups in total. The number of ether oxygens (including phenoxy) is 1. The van der Waals surface area contributed by atoms with Gasteiger partial charge < -0.3 is 9.26 Å². The summed E-state index contributed by atoms with van der Waals surface area (Å²) in [5.74, 6) is -0.0743. The molecule has 0 atom stereocenters. The topological polar surface area (TPSA) is 109 Å². The zero-order chi connectivity index (χ0) is 27.8. The zero-order valence-corrected chi connectivity index (χ0v) is 20.9. The summed E-state index contributed by atoms with van der Waals surface area (Å²) in [5.41, 5.74) is -0.332. The molecule has 0 aliphatic carbocycles. The highest BCUT2D eigenvalue weighted by Crippen LogP contribution is 2.42. The van der Waals surface area contributed by atoms with Gasteiger partial charge >= 0.3 is 6.18 Å². The largest absolute Gasteiger partial charge is 0.495 e. The first-order valence-electron chi connectivity index (χ1n) is 11.2. The van der Waals surface area contributed by atoms with E-state index in [0.29, 0.717) is 10.9 Å². The Morgan fingerprint density at radius 1 is 1.00 bits per heavy atom. The molecule has 2 heterocycles. The Bertz CT molecular complexity index is 1820. The molecule has 8 nitrogen and oxygen atoms in total. The van der Waals surface area contributed by atoms with E-state index in [9.17, 15) is 26.9 Å². The van der Waals surface area contributed by atoms with Gasteiger partial charge in [0.05, 0.1) is 29.2 Å². The lowest BCUT2D eigenvalue weighted by molar-refractivity contribution is -0.137. The predicted octanol–water partition coefficient (Wildman–Crippen LogP) is 6.32. The van der Waals surface area contributed by atoms with E-state index < -0.39 is 21.8 Å². The smallest absolute Gasteiger partial charge is 0.416 e. The van der Waals surface area contributed by atoms with E-state index >= 15 is 0 Å². The molecular weight excluding hydrogens is 533 g/mol. The Kier molecular flexibility index (Phi) is 6.45. The van der Waals surface area contributed by atoms with Gasteiger partial charge in [0.2, 0.25) is 0 Å². The fourth-order valence-corrected chi connectivity index (χ4v) is 5.54. The van der Waals surface area contributed by atoms with Crippen molar-refractivity contribution in [2.45, 2.75) is 11.1 Å². The van der Waals surface area contributed by atoms with Gasteiger partial charge in [-0.3, -0.25) is 4.98 Å². The fourth-order valence-electron chi connectivity index (χ4n) is 4.07. The molecule has 0 spiro atoms. The van der Waals surface area contributed by atoms with Crippen LogP contribution in [0, 0.1) is 11.3 Å². The van der Waals surface area contributed by atoms with Crippen LogP contribution in [0.5, 0.6) is 5.75 Å². The second kappa shape index (κ2) is 9.77. The average molecular weight is 551 g/mol. The van der Waals surface area contributed by atoms with Gasteiger partial charge in [-0.1, -0.05) is 23.4 Å². The Labute approximate surface area is 220 Å². The number of nitrogens with zero attached hydrogens (tertiary/aromatic N) is 4. The number of aromatic nitrogens is 2. The second-order valence-electron chi connectivity index (χ2n) is 8.27. The number of fused-ring (bicyclic) bond motifs is 1. The van der Waals surface area contributed by atoms with Crippen LogP contribution in [0.2, 0.25) is 0 Å². The average Bonchev–Trinajstić information content (AvgIpc) is 3.46. The standard InChI is InChI=1S/C27H17F3N4O4S/c1-37-25-14-23(17-2-5-21(6-3-17)27(28,29)30)20(15-31)13-24(25)34(26-9-11-38-33-26)39(35,36)22-7-4-19-16-32-10-8-18(19)12-22/h2-14,16H,1H3. The Hall–Kier alpha value is -4.89. The molecule has 0 radical (unpaired) electrons. The van der Waals surface area contributed by atoms with Crippen molar-refractivity contribution >= 4 is 32.3 Å². The molecule has 196 valence electrons. The van der Waals surface area contributed by atoms with Crippen molar-refractivity contribution in [3.05, 3.63) is 96.5 Å². The Morgan fingerprint density at radius 3 is 2.41 bits per heavy atom. The molecule has 0 fully saturated rings. The van der Waals surface area contributed by atoms with Crippen LogP contribution < -0.4 is 9.04 Å². The summed E-state index contributed by atoms with van der Waals surface area (Å²) in [7, 11) is -3.05. The van der Waals surface area contributed by atoms with Crippen molar-refractivity contribution in [1.29, 1.82) is 5.26 Å². The van der Waals surface area contributed by atoms with E-state index in [2.05, 4.69) is 10.1 Å². The van der Waals surface area contributed by atoms with E-state index in [1.807, 2.05) is 6.07 Å². The minimum atomic E-state index is -4.52. The van der Waals surface area contributed by atoms with Crippen LogP contribution in [0.3, 0.4) is 0 Å². The van der Waals surface area contributed by atoms with Gasteiger partial charge in [0, 0.05) is 29.4 Å². The molecule has 39 heavy (non-hydrogen) atoms. The normalized spacial score (nSPS) is 11.8. The number of pyridine rings is 1. The minimum Gasteiger partial charge on any atom is -0.495 e. The lowest BCUT2D eigenvalue weighted by Crippen LogP contribution is -2.27. The number of halogens is 3. The maximum Gasteiger partial charge on any atom is 0.416 e. The maximum atomic E-state index is 14.0. The third-order valence-corrected chi connectivity index (χ3v) is 7.68. The second-order valence-corrected chi connectivity index (χ2v) is 10.1. The van der Waals surface area contributed by atoms with Crippen molar-refractivity contribution in [2.75, 3.05) is 11.4 Å². The zero-order valence-electron chi connectivity index (χ0n) is 20.0. The molecule has 0 unspecified atom stereocenters. The lowest BCUT2D eigenvalue weighted by Gasteiger charge is -2.24. The van der Waals surface area contributed by atoms with Crippen molar-refractivity contribution in [1.82, 2.24) is 10.1 Å². The number of sulfonamides is 1.